The molecule has 29 heavy (non-hydrogen) atoms. The lowest BCUT2D eigenvalue weighted by atomic mass is 9.64. The lowest BCUT2D eigenvalue weighted by Gasteiger charge is -2.53. The van der Waals surface area contributed by atoms with Gasteiger partial charge in [-0.3, -0.25) is 0 Å². The monoisotopic (exact) mass is 386 g/mol. The van der Waals surface area contributed by atoms with Gasteiger partial charge in [0.25, 0.3) is 6.02 Å². The SMILES string of the molecule is CC#CC1=C/C(c2ccc3c(c2)C2(COC(N)=N2)C2(COC2)CO3)=C\C=C\C=C1. The van der Waals surface area contributed by atoms with Crippen LogP contribution in [0.25, 0.3) is 5.57 Å². The maximum Gasteiger partial charge on any atom is 0.283 e. The first-order chi connectivity index (χ1) is 14.2. The lowest BCUT2D eigenvalue weighted by molar-refractivity contribution is -0.185. The van der Waals surface area contributed by atoms with Crippen LogP contribution in [0.4, 0.5) is 0 Å². The molecule has 5 heteroatoms. The van der Waals surface area contributed by atoms with Crippen molar-refractivity contribution in [3.63, 3.8) is 0 Å². The molecule has 4 aliphatic rings. The Bertz CT molecular complexity index is 1080. The second-order valence-corrected chi connectivity index (χ2v) is 7.71. The first kappa shape index (κ1) is 17.8. The minimum Gasteiger partial charge on any atom is -0.492 e. The van der Waals surface area contributed by atoms with E-state index in [1.165, 1.54) is 0 Å². The van der Waals surface area contributed by atoms with E-state index in [4.69, 9.17) is 24.9 Å². The highest BCUT2D eigenvalue weighted by Crippen LogP contribution is 2.56. The number of fused-ring (bicyclic) bond motifs is 3. The average molecular weight is 386 g/mol. The van der Waals surface area contributed by atoms with Crippen molar-refractivity contribution in [2.24, 2.45) is 16.1 Å². The van der Waals surface area contributed by atoms with Gasteiger partial charge in [-0.2, -0.15) is 0 Å². The summed E-state index contributed by atoms with van der Waals surface area (Å²) in [5.41, 5.74) is 9.25. The lowest BCUT2D eigenvalue weighted by Crippen LogP contribution is -2.63. The van der Waals surface area contributed by atoms with Crippen LogP contribution in [-0.2, 0) is 15.0 Å². The number of aliphatic imine (C=N–C) groups is 1. The molecular weight excluding hydrogens is 364 g/mol. The molecule has 1 atom stereocenters. The van der Waals surface area contributed by atoms with E-state index in [2.05, 4.69) is 36.1 Å². The Morgan fingerprint density at radius 2 is 1.97 bits per heavy atom. The average Bonchev–Trinajstić information content (AvgIpc) is 3.05. The summed E-state index contributed by atoms with van der Waals surface area (Å²) in [5, 5.41) is 0. The minimum atomic E-state index is -0.577. The van der Waals surface area contributed by atoms with Gasteiger partial charge in [-0.25, -0.2) is 4.99 Å². The predicted octanol–water partition coefficient (Wildman–Crippen LogP) is 3.09. The van der Waals surface area contributed by atoms with E-state index < -0.39 is 5.54 Å². The summed E-state index contributed by atoms with van der Waals surface area (Å²) in [4.78, 5) is 4.79. The predicted molar refractivity (Wildman–Crippen MR) is 112 cm³/mol. The molecule has 0 bridgehead atoms. The fourth-order valence-electron chi connectivity index (χ4n) is 4.34. The van der Waals surface area contributed by atoms with E-state index in [0.29, 0.717) is 26.4 Å². The number of hydrogen-bond acceptors (Lipinski definition) is 5. The number of nitrogens with two attached hydrogens (primary N) is 1. The van der Waals surface area contributed by atoms with Gasteiger partial charge in [-0.15, -0.1) is 5.92 Å². The highest BCUT2D eigenvalue weighted by Gasteiger charge is 2.63. The Kier molecular flexibility index (Phi) is 4.11. The van der Waals surface area contributed by atoms with Crippen LogP contribution in [0.5, 0.6) is 5.75 Å². The van der Waals surface area contributed by atoms with E-state index in [1.54, 1.807) is 0 Å². The van der Waals surface area contributed by atoms with Crippen molar-refractivity contribution in [1.29, 1.82) is 0 Å². The van der Waals surface area contributed by atoms with Gasteiger partial charge >= 0.3 is 0 Å². The second kappa shape index (κ2) is 6.68. The minimum absolute atomic E-state index is 0.230. The summed E-state index contributed by atoms with van der Waals surface area (Å²) in [7, 11) is 0. The molecular formula is C24H22N2O3. The van der Waals surface area contributed by atoms with Crippen LogP contribution in [0, 0.1) is 17.3 Å². The zero-order valence-corrected chi connectivity index (χ0v) is 16.3. The fourth-order valence-corrected chi connectivity index (χ4v) is 4.34. The third-order valence-electron chi connectivity index (χ3n) is 5.98. The smallest absolute Gasteiger partial charge is 0.283 e. The van der Waals surface area contributed by atoms with Crippen molar-refractivity contribution in [2.45, 2.75) is 12.5 Å². The van der Waals surface area contributed by atoms with Gasteiger partial charge in [0.05, 0.1) is 18.6 Å². The number of benzene rings is 1. The van der Waals surface area contributed by atoms with Crippen molar-refractivity contribution < 1.29 is 14.2 Å². The molecule has 1 aliphatic carbocycles. The normalized spacial score (nSPS) is 28.8. The Balaban J connectivity index is 1.64. The van der Waals surface area contributed by atoms with Gasteiger partial charge in [0.15, 0.2) is 0 Å². The van der Waals surface area contributed by atoms with Crippen molar-refractivity contribution in [3.8, 4) is 17.6 Å². The van der Waals surface area contributed by atoms with Crippen molar-refractivity contribution in [3.05, 3.63) is 71.4 Å². The van der Waals surface area contributed by atoms with Crippen molar-refractivity contribution >= 4 is 11.6 Å². The molecule has 1 aromatic rings. The van der Waals surface area contributed by atoms with Crippen LogP contribution >= 0.6 is 0 Å². The zero-order valence-electron chi connectivity index (χ0n) is 16.3. The number of hydrogen-bond donors (Lipinski definition) is 1. The molecule has 5 nitrogen and oxygen atoms in total. The molecule has 1 saturated heterocycles. The molecule has 0 radical (unpaired) electrons. The first-order valence-electron chi connectivity index (χ1n) is 9.69. The van der Waals surface area contributed by atoms with Gasteiger partial charge in [-0.1, -0.05) is 36.3 Å². The Hall–Kier alpha value is -3.23. The van der Waals surface area contributed by atoms with Gasteiger partial charge in [-0.05, 0) is 42.3 Å². The number of ether oxygens (including phenoxy) is 3. The number of amidine groups is 1. The topological polar surface area (TPSA) is 66.1 Å². The van der Waals surface area contributed by atoms with Gasteiger partial charge in [0.1, 0.15) is 24.5 Å². The summed E-state index contributed by atoms with van der Waals surface area (Å²) in [5.74, 6) is 6.95. The summed E-state index contributed by atoms with van der Waals surface area (Å²) >= 11 is 0. The molecule has 3 aliphatic heterocycles. The molecule has 1 aromatic carbocycles. The highest BCUT2D eigenvalue weighted by atomic mass is 16.5. The summed E-state index contributed by atoms with van der Waals surface area (Å²) in [6, 6.07) is 6.47. The van der Waals surface area contributed by atoms with Crippen molar-refractivity contribution in [1.82, 2.24) is 0 Å². The van der Waals surface area contributed by atoms with Crippen LogP contribution in [0.3, 0.4) is 0 Å². The van der Waals surface area contributed by atoms with Crippen LogP contribution < -0.4 is 10.5 Å². The second-order valence-electron chi connectivity index (χ2n) is 7.71. The standard InChI is InChI=1S/C24H22N2O3/c1-2-6-17-7-4-3-5-8-18(11-17)19-9-10-21-20(12-19)24(16-29-22(25)26-24)23(15-28-21)13-27-14-23/h3-5,7-12H,13-16H2,1H3,(H2,25,26)/b4-3?,5-3+,7-4?,8-5?,17-7?,17-11?,18-8+,18-11?. The molecule has 1 fully saturated rings. The first-order valence-corrected chi connectivity index (χ1v) is 9.69. The molecule has 0 aromatic heterocycles. The van der Waals surface area contributed by atoms with E-state index >= 15 is 0 Å². The number of nitrogens with zero attached hydrogens (tertiary/aromatic N) is 1. The van der Waals surface area contributed by atoms with Gasteiger partial charge in [0.2, 0.25) is 0 Å². The van der Waals surface area contributed by atoms with E-state index in [-0.39, 0.29) is 11.4 Å². The van der Waals surface area contributed by atoms with Crippen LogP contribution in [0.15, 0.2) is 65.2 Å². The summed E-state index contributed by atoms with van der Waals surface area (Å²) < 4.78 is 17.4. The van der Waals surface area contributed by atoms with Gasteiger partial charge in [0, 0.05) is 11.1 Å². The molecule has 5 rings (SSSR count). The summed E-state index contributed by atoms with van der Waals surface area (Å²) in [6.07, 6.45) is 12.2. The summed E-state index contributed by atoms with van der Waals surface area (Å²) in [6.45, 7) is 3.97. The molecule has 0 amide bonds. The van der Waals surface area contributed by atoms with E-state index in [0.717, 1.165) is 28.0 Å². The van der Waals surface area contributed by atoms with Crippen LogP contribution in [0.2, 0.25) is 0 Å². The molecule has 0 saturated carbocycles. The highest BCUT2D eigenvalue weighted by molar-refractivity contribution is 5.80. The van der Waals surface area contributed by atoms with E-state index in [1.807, 2.05) is 37.3 Å². The Morgan fingerprint density at radius 3 is 2.69 bits per heavy atom. The largest absolute Gasteiger partial charge is 0.492 e. The zero-order chi connectivity index (χ0) is 19.9. The third-order valence-corrected chi connectivity index (χ3v) is 5.98. The van der Waals surface area contributed by atoms with E-state index in [9.17, 15) is 0 Å². The molecule has 2 spiro atoms. The van der Waals surface area contributed by atoms with Crippen molar-refractivity contribution in [2.75, 3.05) is 26.4 Å². The molecule has 1 unspecified atom stereocenters. The quantitative estimate of drug-likeness (QED) is 0.754. The van der Waals surface area contributed by atoms with Gasteiger partial charge < -0.3 is 19.9 Å². The van der Waals surface area contributed by atoms with Crippen LogP contribution in [-0.4, -0.2) is 32.4 Å². The Labute approximate surface area is 170 Å². The molecule has 3 heterocycles. The number of allylic oxidation sites excluding steroid dienone is 8. The maximum absolute atomic E-state index is 6.12. The fraction of sp³-hybridized carbons (Fsp3) is 0.292. The van der Waals surface area contributed by atoms with Crippen LogP contribution in [0.1, 0.15) is 18.1 Å². The maximum atomic E-state index is 6.12. The number of rotatable bonds is 1. The molecule has 146 valence electrons. The third kappa shape index (κ3) is 2.72. The Morgan fingerprint density at radius 1 is 1.07 bits per heavy atom. The molecule has 2 N–H and O–H groups in total.